The molecule has 1 aromatic rings. The average molecular weight is 256 g/mol. The highest BCUT2D eigenvalue weighted by atomic mass is 28.4. The second-order valence-corrected chi connectivity index (χ2v) is 9.69. The molecule has 5 nitrogen and oxygen atoms in total. The summed E-state index contributed by atoms with van der Waals surface area (Å²) in [6.07, 6.45) is 0. The van der Waals surface area contributed by atoms with Gasteiger partial charge in [0.2, 0.25) is 0 Å². The van der Waals surface area contributed by atoms with Crippen molar-refractivity contribution in [3.8, 4) is 0 Å². The summed E-state index contributed by atoms with van der Waals surface area (Å²) in [6.45, 7) is 8.26. The summed E-state index contributed by atoms with van der Waals surface area (Å²) in [5.74, 6) is 0. The van der Waals surface area contributed by atoms with Gasteiger partial charge in [0.05, 0.1) is 12.3 Å². The number of aromatic nitrogens is 2. The Morgan fingerprint density at radius 2 is 1.65 bits per heavy atom. The Balaban J connectivity index is 3.26. The first-order valence-electron chi connectivity index (χ1n) is 5.54. The summed E-state index contributed by atoms with van der Waals surface area (Å²) in [7, 11) is 1.49. The van der Waals surface area contributed by atoms with Crippen molar-refractivity contribution < 1.29 is 4.43 Å². The Morgan fingerprint density at radius 3 is 2.12 bits per heavy atom. The van der Waals surface area contributed by atoms with Gasteiger partial charge in [-0.1, -0.05) is 0 Å². The minimum atomic E-state index is -1.66. The van der Waals surface area contributed by atoms with E-state index in [1.165, 1.54) is 11.6 Å². The Morgan fingerprint density at radius 1 is 1.12 bits per heavy atom. The molecule has 0 bridgehead atoms. The van der Waals surface area contributed by atoms with Crippen LogP contribution in [0.25, 0.3) is 0 Å². The molecule has 0 spiro atoms. The molecule has 1 aromatic heterocycles. The molecule has 0 unspecified atom stereocenters. The lowest BCUT2D eigenvalue weighted by Crippen LogP contribution is -2.41. The molecule has 0 fully saturated rings. The van der Waals surface area contributed by atoms with E-state index in [0.29, 0.717) is 17.9 Å². The van der Waals surface area contributed by atoms with Crippen LogP contribution < -0.4 is 11.2 Å². The van der Waals surface area contributed by atoms with Crippen LogP contribution in [0.4, 0.5) is 0 Å². The Labute approximate surface area is 102 Å². The van der Waals surface area contributed by atoms with Gasteiger partial charge in [-0.05, 0) is 26.6 Å². The summed E-state index contributed by atoms with van der Waals surface area (Å²) in [5, 5.41) is 0. The van der Waals surface area contributed by atoms with Gasteiger partial charge in [-0.25, -0.2) is 4.79 Å². The summed E-state index contributed by atoms with van der Waals surface area (Å²) < 4.78 is 8.36. The summed E-state index contributed by atoms with van der Waals surface area (Å²) in [4.78, 5) is 23.6. The lowest BCUT2D eigenvalue weighted by atomic mass is 10.2. The van der Waals surface area contributed by atoms with E-state index in [0.717, 1.165) is 4.57 Å². The van der Waals surface area contributed by atoms with Gasteiger partial charge in [-0.2, -0.15) is 0 Å². The summed E-state index contributed by atoms with van der Waals surface area (Å²) >= 11 is 0. The molecular weight excluding hydrogens is 236 g/mol. The van der Waals surface area contributed by atoms with Crippen LogP contribution in [0.3, 0.4) is 0 Å². The molecule has 0 saturated carbocycles. The highest BCUT2D eigenvalue weighted by molar-refractivity contribution is 6.69. The average Bonchev–Trinajstić information content (AvgIpc) is 2.22. The van der Waals surface area contributed by atoms with Crippen LogP contribution in [0.1, 0.15) is 11.3 Å². The van der Waals surface area contributed by atoms with E-state index in [-0.39, 0.29) is 11.2 Å². The normalized spacial score (nSPS) is 11.9. The molecule has 0 saturated heterocycles. The van der Waals surface area contributed by atoms with Crippen molar-refractivity contribution in [2.75, 3.05) is 0 Å². The summed E-state index contributed by atoms with van der Waals surface area (Å²) in [5.41, 5.74) is 0.686. The third kappa shape index (κ3) is 2.95. The van der Waals surface area contributed by atoms with Gasteiger partial charge < -0.3 is 4.43 Å². The lowest BCUT2D eigenvalue weighted by molar-refractivity contribution is 0.285. The molecule has 0 N–H and O–H groups in total. The quantitative estimate of drug-likeness (QED) is 0.750. The van der Waals surface area contributed by atoms with E-state index in [4.69, 9.17) is 4.43 Å². The standard InChI is InChI=1S/C11H20N2O3Si/c1-8-9(7-16-17(4,5)6)12(2)11(15)13(3)10(8)14/h7H2,1-6H3. The second-order valence-electron chi connectivity index (χ2n) is 5.18. The van der Waals surface area contributed by atoms with Crippen molar-refractivity contribution in [3.05, 3.63) is 32.1 Å². The van der Waals surface area contributed by atoms with Crippen molar-refractivity contribution in [1.29, 1.82) is 0 Å². The SMILES string of the molecule is Cc1c(CO[Si](C)(C)C)n(C)c(=O)n(C)c1=O. The molecule has 0 aliphatic rings. The first kappa shape index (κ1) is 13.9. The molecule has 0 atom stereocenters. The maximum atomic E-state index is 11.8. The van der Waals surface area contributed by atoms with Crippen LogP contribution in [0.2, 0.25) is 19.6 Å². The van der Waals surface area contributed by atoms with Gasteiger partial charge in [-0.15, -0.1) is 0 Å². The molecule has 1 heterocycles. The van der Waals surface area contributed by atoms with Crippen LogP contribution in [0.15, 0.2) is 9.59 Å². The van der Waals surface area contributed by atoms with E-state index in [9.17, 15) is 9.59 Å². The van der Waals surface area contributed by atoms with Crippen molar-refractivity contribution in [2.24, 2.45) is 14.1 Å². The van der Waals surface area contributed by atoms with Crippen LogP contribution >= 0.6 is 0 Å². The van der Waals surface area contributed by atoms with Crippen molar-refractivity contribution >= 4 is 8.32 Å². The molecule has 0 aliphatic heterocycles. The zero-order valence-corrected chi connectivity index (χ0v) is 12.3. The zero-order valence-electron chi connectivity index (χ0n) is 11.3. The minimum absolute atomic E-state index is 0.248. The summed E-state index contributed by atoms with van der Waals surface area (Å²) in [6, 6.07) is 0. The molecule has 0 aromatic carbocycles. The van der Waals surface area contributed by atoms with Gasteiger partial charge >= 0.3 is 5.69 Å². The zero-order chi connectivity index (χ0) is 13.4. The predicted octanol–water partition coefficient (Wildman–Crippen LogP) is 0.744. The van der Waals surface area contributed by atoms with E-state index in [2.05, 4.69) is 19.6 Å². The first-order valence-corrected chi connectivity index (χ1v) is 8.95. The third-order valence-electron chi connectivity index (χ3n) is 2.68. The van der Waals surface area contributed by atoms with E-state index in [1.54, 1.807) is 14.0 Å². The first-order chi connectivity index (χ1) is 7.65. The van der Waals surface area contributed by atoms with Gasteiger partial charge in [0, 0.05) is 19.7 Å². The fourth-order valence-electron chi connectivity index (χ4n) is 1.54. The Bertz CT molecular complexity index is 500. The van der Waals surface area contributed by atoms with Crippen LogP contribution in [0, 0.1) is 6.92 Å². The largest absolute Gasteiger partial charge is 0.412 e. The minimum Gasteiger partial charge on any atom is -0.412 e. The maximum absolute atomic E-state index is 11.8. The number of rotatable bonds is 3. The van der Waals surface area contributed by atoms with Gasteiger partial charge in [0.15, 0.2) is 8.32 Å². The molecule has 1 rings (SSSR count). The predicted molar refractivity (Wildman–Crippen MR) is 69.8 cm³/mol. The monoisotopic (exact) mass is 256 g/mol. The molecule has 96 valence electrons. The number of hydrogen-bond donors (Lipinski definition) is 0. The van der Waals surface area contributed by atoms with Crippen molar-refractivity contribution in [3.63, 3.8) is 0 Å². The van der Waals surface area contributed by atoms with Crippen LogP contribution in [0.5, 0.6) is 0 Å². The van der Waals surface area contributed by atoms with Gasteiger partial charge in [0.25, 0.3) is 5.56 Å². The lowest BCUT2D eigenvalue weighted by Gasteiger charge is -2.20. The Hall–Kier alpha value is -1.14. The fraction of sp³-hybridized carbons (Fsp3) is 0.636. The van der Waals surface area contributed by atoms with Crippen molar-refractivity contribution in [2.45, 2.75) is 33.2 Å². The molecule has 0 radical (unpaired) electrons. The molecule has 6 heteroatoms. The van der Waals surface area contributed by atoms with E-state index in [1.807, 2.05) is 0 Å². The number of nitrogens with zero attached hydrogens (tertiary/aromatic N) is 2. The van der Waals surface area contributed by atoms with E-state index < -0.39 is 8.32 Å². The van der Waals surface area contributed by atoms with Crippen molar-refractivity contribution in [1.82, 2.24) is 9.13 Å². The molecular formula is C11H20N2O3Si. The van der Waals surface area contributed by atoms with E-state index >= 15 is 0 Å². The second kappa shape index (κ2) is 4.62. The smallest absolute Gasteiger partial charge is 0.330 e. The van der Waals surface area contributed by atoms with Crippen LogP contribution in [-0.2, 0) is 25.1 Å². The van der Waals surface area contributed by atoms with Gasteiger partial charge in [0.1, 0.15) is 0 Å². The Kier molecular flexibility index (Phi) is 3.78. The highest BCUT2D eigenvalue weighted by Crippen LogP contribution is 2.08. The topological polar surface area (TPSA) is 53.2 Å². The van der Waals surface area contributed by atoms with Crippen LogP contribution in [-0.4, -0.2) is 17.5 Å². The third-order valence-corrected chi connectivity index (χ3v) is 3.69. The molecule has 0 aliphatic carbocycles. The molecule has 17 heavy (non-hydrogen) atoms. The maximum Gasteiger partial charge on any atom is 0.330 e. The fourth-order valence-corrected chi connectivity index (χ4v) is 2.11. The van der Waals surface area contributed by atoms with Gasteiger partial charge in [-0.3, -0.25) is 13.9 Å². The highest BCUT2D eigenvalue weighted by Gasteiger charge is 2.17. The molecule has 0 amide bonds. The number of hydrogen-bond acceptors (Lipinski definition) is 3.